The number of ketones is 1. The summed E-state index contributed by atoms with van der Waals surface area (Å²) in [7, 11) is -4.16. The van der Waals surface area contributed by atoms with Gasteiger partial charge in [-0.3, -0.25) is 4.79 Å². The van der Waals surface area contributed by atoms with Gasteiger partial charge in [0.05, 0.1) is 4.90 Å². The number of hydrogen-bond acceptors (Lipinski definition) is 5. The molecule has 0 aliphatic heterocycles. The minimum atomic E-state index is -4.16. The molecule has 0 saturated carbocycles. The van der Waals surface area contributed by atoms with Crippen molar-refractivity contribution in [3.05, 3.63) is 29.8 Å². The molecule has 92 valence electrons. The Labute approximate surface area is 98.0 Å². The second-order valence-electron chi connectivity index (χ2n) is 3.22. The molecule has 0 radical (unpaired) electrons. The number of carbonyl (C=O) groups is 2. The van der Waals surface area contributed by atoms with E-state index >= 15 is 0 Å². The molecule has 0 unspecified atom stereocenters. The first-order chi connectivity index (χ1) is 7.76. The summed E-state index contributed by atoms with van der Waals surface area (Å²) in [6.07, 6.45) is 0. The highest BCUT2D eigenvalue weighted by atomic mass is 32.2. The van der Waals surface area contributed by atoms with Crippen molar-refractivity contribution in [1.29, 1.82) is 0 Å². The van der Waals surface area contributed by atoms with E-state index in [9.17, 15) is 18.0 Å². The fraction of sp³-hybridized carbons (Fsp3) is 0.111. The molecule has 0 aromatic heterocycles. The topological polar surface area (TPSA) is 124 Å². The largest absolute Gasteiger partial charge is 0.349 e. The molecular formula is C9H11N3O4S. The molecular weight excluding hydrogens is 246 g/mol. The number of hydrogen-bond donors (Lipinski definition) is 2. The maximum atomic E-state index is 11.7. The first-order valence-corrected chi connectivity index (χ1v) is 5.91. The Morgan fingerprint density at radius 1 is 1.18 bits per heavy atom. The van der Waals surface area contributed by atoms with Crippen LogP contribution in [0.4, 0.5) is 4.79 Å². The van der Waals surface area contributed by atoms with Gasteiger partial charge in [-0.2, -0.15) is 8.42 Å². The van der Waals surface area contributed by atoms with Crippen LogP contribution in [0.2, 0.25) is 0 Å². The lowest BCUT2D eigenvalue weighted by Gasteiger charge is -2.13. The molecule has 2 amide bonds. The van der Waals surface area contributed by atoms with Gasteiger partial charge in [0.2, 0.25) is 0 Å². The van der Waals surface area contributed by atoms with E-state index in [1.807, 2.05) is 0 Å². The van der Waals surface area contributed by atoms with Crippen LogP contribution in [0.15, 0.2) is 29.2 Å². The summed E-state index contributed by atoms with van der Waals surface area (Å²) in [5.41, 5.74) is 5.12. The van der Waals surface area contributed by atoms with Crippen LogP contribution in [0, 0.1) is 0 Å². The normalized spacial score (nSPS) is 10.9. The summed E-state index contributed by atoms with van der Waals surface area (Å²) in [4.78, 5) is 21.5. The van der Waals surface area contributed by atoms with Crippen molar-refractivity contribution in [2.75, 3.05) is 0 Å². The Bertz CT molecular complexity index is 550. The van der Waals surface area contributed by atoms with Crippen molar-refractivity contribution >= 4 is 21.8 Å². The lowest BCUT2D eigenvalue weighted by atomic mass is 10.2. The number of benzene rings is 1. The highest BCUT2D eigenvalue weighted by Gasteiger charge is 2.24. The molecule has 1 aromatic rings. The van der Waals surface area contributed by atoms with Gasteiger partial charge in [-0.25, -0.2) is 10.6 Å². The van der Waals surface area contributed by atoms with Gasteiger partial charge in [0.1, 0.15) is 0 Å². The zero-order valence-electron chi connectivity index (χ0n) is 8.95. The molecule has 17 heavy (non-hydrogen) atoms. The van der Waals surface area contributed by atoms with E-state index in [0.29, 0.717) is 5.56 Å². The second kappa shape index (κ2) is 4.52. The molecule has 1 rings (SSSR count). The lowest BCUT2D eigenvalue weighted by molar-refractivity contribution is 0.101. The van der Waals surface area contributed by atoms with Crippen molar-refractivity contribution in [1.82, 2.24) is 4.41 Å². The summed E-state index contributed by atoms with van der Waals surface area (Å²) < 4.78 is 23.3. The number of nitrogens with two attached hydrogens (primary N) is 2. The molecule has 0 bridgehead atoms. The quantitative estimate of drug-likeness (QED) is 0.337. The Balaban J connectivity index is 3.17. The Hall–Kier alpha value is -1.93. The van der Waals surface area contributed by atoms with Crippen molar-refractivity contribution in [3.63, 3.8) is 0 Å². The Kier molecular flexibility index (Phi) is 3.49. The first-order valence-electron chi connectivity index (χ1n) is 4.47. The number of rotatable bonds is 3. The van der Waals surface area contributed by atoms with E-state index in [-0.39, 0.29) is 15.1 Å². The van der Waals surface area contributed by atoms with Gasteiger partial charge >= 0.3 is 6.03 Å². The van der Waals surface area contributed by atoms with Gasteiger partial charge in [0.25, 0.3) is 10.0 Å². The minimum Gasteiger partial charge on any atom is -0.349 e. The van der Waals surface area contributed by atoms with Crippen LogP contribution in [-0.2, 0) is 10.0 Å². The minimum absolute atomic E-state index is 0.0597. The van der Waals surface area contributed by atoms with E-state index in [1.54, 1.807) is 0 Å². The van der Waals surface area contributed by atoms with Gasteiger partial charge < -0.3 is 5.73 Å². The number of primary amides is 1. The lowest BCUT2D eigenvalue weighted by Crippen LogP contribution is -2.45. The standard InChI is InChI=1S/C9H11N3O4S/c1-6(13)7-2-4-8(5-3-7)17(15,16)12(11)9(10)14/h2-5H,11H2,1H3,(H2,10,14). The number of nitrogens with zero attached hydrogens (tertiary/aromatic N) is 1. The monoisotopic (exact) mass is 257 g/mol. The van der Waals surface area contributed by atoms with E-state index < -0.39 is 16.1 Å². The first kappa shape index (κ1) is 13.1. The molecule has 0 fully saturated rings. The fourth-order valence-corrected chi connectivity index (χ4v) is 2.04. The third kappa shape index (κ3) is 2.60. The van der Waals surface area contributed by atoms with Gasteiger partial charge in [-0.1, -0.05) is 12.1 Å². The maximum Gasteiger partial charge on any atom is 0.343 e. The summed E-state index contributed by atoms with van der Waals surface area (Å²) >= 11 is 0. The summed E-state index contributed by atoms with van der Waals surface area (Å²) in [6, 6.07) is 3.71. The van der Waals surface area contributed by atoms with Crippen molar-refractivity contribution in [2.45, 2.75) is 11.8 Å². The molecule has 0 aliphatic rings. The maximum absolute atomic E-state index is 11.7. The SMILES string of the molecule is CC(=O)c1ccc(S(=O)(=O)N(N)C(N)=O)cc1. The second-order valence-corrected chi connectivity index (χ2v) is 5.03. The van der Waals surface area contributed by atoms with Gasteiger partial charge in [-0.15, -0.1) is 4.41 Å². The number of hydrazine groups is 1. The van der Waals surface area contributed by atoms with Crippen LogP contribution in [0.5, 0.6) is 0 Å². The van der Waals surface area contributed by atoms with E-state index in [0.717, 1.165) is 0 Å². The van der Waals surface area contributed by atoms with E-state index in [2.05, 4.69) is 0 Å². The van der Waals surface area contributed by atoms with Crippen LogP contribution >= 0.6 is 0 Å². The fourth-order valence-electron chi connectivity index (χ4n) is 1.09. The molecule has 1 aromatic carbocycles. The van der Waals surface area contributed by atoms with E-state index in [1.165, 1.54) is 31.2 Å². The highest BCUT2D eigenvalue weighted by Crippen LogP contribution is 2.14. The average Bonchev–Trinajstić information content (AvgIpc) is 2.27. The Morgan fingerprint density at radius 2 is 1.65 bits per heavy atom. The number of Topliss-reactive ketones (excluding diaryl/α,β-unsaturated/α-hetero) is 1. The third-order valence-corrected chi connectivity index (χ3v) is 3.60. The van der Waals surface area contributed by atoms with Gasteiger partial charge in [0.15, 0.2) is 5.78 Å². The molecule has 7 nitrogen and oxygen atoms in total. The number of amides is 2. The van der Waals surface area contributed by atoms with Gasteiger partial charge in [-0.05, 0) is 19.1 Å². The average molecular weight is 257 g/mol. The summed E-state index contributed by atoms with van der Waals surface area (Å²) in [5.74, 6) is 4.83. The predicted molar refractivity (Wildman–Crippen MR) is 59.2 cm³/mol. The van der Waals surface area contributed by atoms with Gasteiger partial charge in [0, 0.05) is 5.56 Å². The van der Waals surface area contributed by atoms with Crippen LogP contribution in [-0.4, -0.2) is 24.6 Å². The molecule has 0 heterocycles. The smallest absolute Gasteiger partial charge is 0.343 e. The predicted octanol–water partition coefficient (Wildman–Crippen LogP) is -0.168. The molecule has 0 saturated heterocycles. The highest BCUT2D eigenvalue weighted by molar-refractivity contribution is 7.89. The number of sulfonamides is 1. The van der Waals surface area contributed by atoms with E-state index in [4.69, 9.17) is 11.6 Å². The van der Waals surface area contributed by atoms with Crippen LogP contribution in [0.1, 0.15) is 17.3 Å². The van der Waals surface area contributed by atoms with Crippen LogP contribution in [0.3, 0.4) is 0 Å². The third-order valence-electron chi connectivity index (χ3n) is 2.03. The molecule has 8 heteroatoms. The molecule has 0 aliphatic carbocycles. The zero-order valence-corrected chi connectivity index (χ0v) is 9.77. The summed E-state index contributed by atoms with van der Waals surface area (Å²) in [6.45, 7) is 1.35. The van der Waals surface area contributed by atoms with Crippen LogP contribution < -0.4 is 11.6 Å². The zero-order chi connectivity index (χ0) is 13.2. The molecule has 0 atom stereocenters. The van der Waals surface area contributed by atoms with Crippen molar-refractivity contribution in [2.24, 2.45) is 11.6 Å². The van der Waals surface area contributed by atoms with Crippen molar-refractivity contribution < 1.29 is 18.0 Å². The number of urea groups is 1. The van der Waals surface area contributed by atoms with Crippen LogP contribution in [0.25, 0.3) is 0 Å². The van der Waals surface area contributed by atoms with Crippen molar-refractivity contribution in [3.8, 4) is 0 Å². The molecule has 4 N–H and O–H groups in total. The molecule has 0 spiro atoms. The Morgan fingerprint density at radius 3 is 2.00 bits per heavy atom. The summed E-state index contributed by atoms with van der Waals surface area (Å²) in [5, 5.41) is 0. The number of carbonyl (C=O) groups excluding carboxylic acids is 2.